The first-order valence-corrected chi connectivity index (χ1v) is 9.40. The monoisotopic (exact) mass is 530 g/mol. The Labute approximate surface area is 200 Å². The quantitative estimate of drug-likeness (QED) is 0.335. The minimum atomic E-state index is -1.31. The van der Waals surface area contributed by atoms with Crippen molar-refractivity contribution in [3.8, 4) is 11.5 Å². The SMILES string of the molecule is O=C(O)CC(=O)O.O=C(O)COc1c(Cl)cc(Cl)cc1Cl.O=C(O)c1cc(Cl)ccc1O. The van der Waals surface area contributed by atoms with Crippen LogP contribution in [0.4, 0.5) is 0 Å². The molecule has 0 saturated carbocycles. The van der Waals surface area contributed by atoms with Crippen molar-refractivity contribution in [1.29, 1.82) is 0 Å². The second kappa shape index (κ2) is 14.2. The number of carboxylic acid groups (broad SMARTS) is 4. The van der Waals surface area contributed by atoms with Gasteiger partial charge < -0.3 is 30.3 Å². The van der Waals surface area contributed by atoms with Crippen LogP contribution < -0.4 is 4.74 Å². The molecule has 14 heteroatoms. The van der Waals surface area contributed by atoms with Crippen molar-refractivity contribution in [3.05, 3.63) is 56.0 Å². The highest BCUT2D eigenvalue weighted by Crippen LogP contribution is 2.35. The van der Waals surface area contributed by atoms with E-state index in [1.165, 1.54) is 30.3 Å². The molecule has 32 heavy (non-hydrogen) atoms. The number of halogens is 4. The van der Waals surface area contributed by atoms with Gasteiger partial charge in [-0.15, -0.1) is 0 Å². The molecule has 0 unspecified atom stereocenters. The number of phenols is 1. The van der Waals surface area contributed by atoms with Crippen molar-refractivity contribution in [3.63, 3.8) is 0 Å². The number of rotatable bonds is 6. The number of carbonyl (C=O) groups is 4. The van der Waals surface area contributed by atoms with Gasteiger partial charge in [0.05, 0.1) is 10.0 Å². The van der Waals surface area contributed by atoms with E-state index in [1.54, 1.807) is 0 Å². The molecular weight excluding hydrogens is 518 g/mol. The smallest absolute Gasteiger partial charge is 0.341 e. The summed E-state index contributed by atoms with van der Waals surface area (Å²) in [6.07, 6.45) is -0.806. The number of benzene rings is 2. The van der Waals surface area contributed by atoms with Crippen molar-refractivity contribution < 1.29 is 49.4 Å². The van der Waals surface area contributed by atoms with Crippen LogP contribution in [0, 0.1) is 0 Å². The molecule has 10 nitrogen and oxygen atoms in total. The molecular formula is C18H14Cl4O10. The zero-order valence-corrected chi connectivity index (χ0v) is 18.6. The van der Waals surface area contributed by atoms with Gasteiger partial charge in [0.1, 0.15) is 17.7 Å². The van der Waals surface area contributed by atoms with E-state index in [0.29, 0.717) is 10.0 Å². The van der Waals surface area contributed by atoms with Gasteiger partial charge in [0.15, 0.2) is 12.4 Å². The largest absolute Gasteiger partial charge is 0.507 e. The van der Waals surface area contributed by atoms with E-state index in [1.807, 2.05) is 0 Å². The Hall–Kier alpha value is -2.92. The van der Waals surface area contributed by atoms with Gasteiger partial charge in [-0.05, 0) is 30.3 Å². The van der Waals surface area contributed by atoms with E-state index in [4.69, 9.17) is 76.7 Å². The molecule has 2 rings (SSSR count). The third-order valence-corrected chi connectivity index (χ3v) is 3.81. The molecule has 0 spiro atoms. The number of hydrogen-bond acceptors (Lipinski definition) is 6. The number of hydrogen-bond donors (Lipinski definition) is 5. The van der Waals surface area contributed by atoms with Crippen LogP contribution in [0.3, 0.4) is 0 Å². The first-order chi connectivity index (χ1) is 14.7. The molecule has 0 aliphatic carbocycles. The molecule has 0 saturated heterocycles. The maximum atomic E-state index is 10.4. The van der Waals surface area contributed by atoms with Crippen molar-refractivity contribution in [2.75, 3.05) is 6.61 Å². The number of aromatic hydroxyl groups is 1. The summed E-state index contributed by atoms with van der Waals surface area (Å²) in [5.41, 5.74) is -0.183. The van der Waals surface area contributed by atoms with Gasteiger partial charge in [-0.2, -0.15) is 0 Å². The molecule has 0 aliphatic heterocycles. The third kappa shape index (κ3) is 12.1. The minimum Gasteiger partial charge on any atom is -0.507 e. The Bertz CT molecular complexity index is 959. The zero-order chi connectivity index (χ0) is 25.0. The van der Waals surface area contributed by atoms with Gasteiger partial charge in [-0.1, -0.05) is 46.4 Å². The second-order valence-electron chi connectivity index (χ2n) is 5.31. The molecule has 2 aromatic carbocycles. The van der Waals surface area contributed by atoms with Gasteiger partial charge in [0, 0.05) is 10.0 Å². The number of aromatic carboxylic acids is 1. The van der Waals surface area contributed by atoms with Gasteiger partial charge in [-0.25, -0.2) is 9.59 Å². The highest BCUT2D eigenvalue weighted by atomic mass is 35.5. The van der Waals surface area contributed by atoms with Crippen molar-refractivity contribution in [2.24, 2.45) is 0 Å². The number of carboxylic acids is 4. The summed E-state index contributed by atoms with van der Waals surface area (Å²) in [5.74, 6) is -5.07. The Morgan fingerprint density at radius 2 is 1.25 bits per heavy atom. The molecule has 0 aromatic heterocycles. The Kier molecular flexibility index (Phi) is 12.9. The summed E-state index contributed by atoms with van der Waals surface area (Å²) in [6.45, 7) is -0.499. The van der Waals surface area contributed by atoms with Crippen LogP contribution in [-0.4, -0.2) is 56.0 Å². The molecule has 0 heterocycles. The van der Waals surface area contributed by atoms with Crippen LogP contribution in [0.5, 0.6) is 11.5 Å². The van der Waals surface area contributed by atoms with E-state index in [2.05, 4.69) is 0 Å². The average Bonchev–Trinajstić information content (AvgIpc) is 2.62. The number of ether oxygens (including phenoxy) is 1. The normalized spacial score (nSPS) is 9.38. The summed E-state index contributed by atoms with van der Waals surface area (Å²) < 4.78 is 4.86. The molecule has 5 N–H and O–H groups in total. The van der Waals surface area contributed by atoms with Crippen LogP contribution in [0.1, 0.15) is 16.8 Å². The minimum absolute atomic E-state index is 0.125. The maximum absolute atomic E-state index is 10.4. The Balaban J connectivity index is 0.000000478. The lowest BCUT2D eigenvalue weighted by Gasteiger charge is -2.07. The van der Waals surface area contributed by atoms with Crippen molar-refractivity contribution in [2.45, 2.75) is 6.42 Å². The van der Waals surface area contributed by atoms with E-state index < -0.39 is 36.9 Å². The molecule has 0 radical (unpaired) electrons. The molecule has 0 bridgehead atoms. The fourth-order valence-electron chi connectivity index (χ4n) is 1.61. The molecule has 0 atom stereocenters. The third-order valence-electron chi connectivity index (χ3n) is 2.79. The fraction of sp³-hybridized carbons (Fsp3) is 0.111. The molecule has 0 fully saturated rings. The summed E-state index contributed by atoms with van der Waals surface area (Å²) in [4.78, 5) is 39.4. The highest BCUT2D eigenvalue weighted by molar-refractivity contribution is 6.40. The van der Waals surface area contributed by atoms with Crippen LogP contribution in [0.2, 0.25) is 20.1 Å². The summed E-state index contributed by atoms with van der Waals surface area (Å²) in [5, 5.41) is 42.2. The van der Waals surface area contributed by atoms with E-state index in [-0.39, 0.29) is 27.1 Å². The summed E-state index contributed by atoms with van der Waals surface area (Å²) in [7, 11) is 0. The summed E-state index contributed by atoms with van der Waals surface area (Å²) >= 11 is 22.6. The average molecular weight is 532 g/mol. The summed E-state index contributed by atoms with van der Waals surface area (Å²) in [6, 6.07) is 6.70. The highest BCUT2D eigenvalue weighted by Gasteiger charge is 2.10. The van der Waals surface area contributed by atoms with Gasteiger partial charge in [0.25, 0.3) is 0 Å². The van der Waals surface area contributed by atoms with Gasteiger partial charge in [0.2, 0.25) is 0 Å². The lowest BCUT2D eigenvalue weighted by molar-refractivity contribution is -0.147. The van der Waals surface area contributed by atoms with E-state index >= 15 is 0 Å². The van der Waals surface area contributed by atoms with E-state index in [0.717, 1.165) is 0 Å². The predicted octanol–water partition coefficient (Wildman–Crippen LogP) is 4.40. The zero-order valence-electron chi connectivity index (χ0n) is 15.6. The lowest BCUT2D eigenvalue weighted by atomic mass is 10.2. The fourth-order valence-corrected chi connectivity index (χ4v) is 2.71. The molecule has 0 amide bonds. The first kappa shape index (κ1) is 29.1. The van der Waals surface area contributed by atoms with Crippen molar-refractivity contribution >= 4 is 70.3 Å². The number of aliphatic carboxylic acids is 3. The van der Waals surface area contributed by atoms with Gasteiger partial charge >= 0.3 is 23.9 Å². The Morgan fingerprint density at radius 1 is 0.750 bits per heavy atom. The lowest BCUT2D eigenvalue weighted by Crippen LogP contribution is -2.09. The van der Waals surface area contributed by atoms with Gasteiger partial charge in [-0.3, -0.25) is 9.59 Å². The maximum Gasteiger partial charge on any atom is 0.341 e. The standard InChI is InChI=1S/C8H5Cl3O3.C7H5ClO3.C3H4O4/c9-4-1-5(10)8(6(11)2-4)14-3-7(12)13;8-4-1-2-6(9)5(3-4)7(10)11;4-2(5)1-3(6)7/h1-2H,3H2,(H,12,13);1-3,9H,(H,10,11);1H2,(H,4,5)(H,6,7). The second-order valence-corrected chi connectivity index (χ2v) is 7.00. The molecule has 2 aromatic rings. The Morgan fingerprint density at radius 3 is 1.59 bits per heavy atom. The topological polar surface area (TPSA) is 179 Å². The van der Waals surface area contributed by atoms with Crippen LogP contribution in [0.15, 0.2) is 30.3 Å². The van der Waals surface area contributed by atoms with E-state index in [9.17, 15) is 19.2 Å². The van der Waals surface area contributed by atoms with Crippen LogP contribution >= 0.6 is 46.4 Å². The molecule has 0 aliphatic rings. The molecule has 174 valence electrons. The predicted molar refractivity (Wildman–Crippen MR) is 115 cm³/mol. The van der Waals surface area contributed by atoms with Crippen molar-refractivity contribution in [1.82, 2.24) is 0 Å². The first-order valence-electron chi connectivity index (χ1n) is 7.89. The van der Waals surface area contributed by atoms with Crippen LogP contribution in [0.25, 0.3) is 0 Å². The van der Waals surface area contributed by atoms with Crippen LogP contribution in [-0.2, 0) is 14.4 Å².